The topological polar surface area (TPSA) is 89.9 Å². The van der Waals surface area contributed by atoms with Crippen LogP contribution in [0.5, 0.6) is 11.5 Å². The van der Waals surface area contributed by atoms with Crippen molar-refractivity contribution in [1.29, 1.82) is 0 Å². The van der Waals surface area contributed by atoms with Gasteiger partial charge in [0.2, 0.25) is 0 Å². The van der Waals surface area contributed by atoms with Crippen LogP contribution in [0.25, 0.3) is 6.08 Å². The molecule has 1 aliphatic heterocycles. The zero-order valence-corrected chi connectivity index (χ0v) is 12.4. The second kappa shape index (κ2) is 5.66. The SMILES string of the molecule is O=C1NN(c2ccc(Cl)cc2)C(=O)C1=Cc1ccc(O)cc1O. The van der Waals surface area contributed by atoms with Crippen molar-refractivity contribution in [3.63, 3.8) is 0 Å². The molecule has 0 saturated carbocycles. The predicted molar refractivity (Wildman–Crippen MR) is 84.8 cm³/mol. The highest BCUT2D eigenvalue weighted by Crippen LogP contribution is 2.27. The number of rotatable bonds is 2. The molecule has 0 aromatic heterocycles. The maximum absolute atomic E-state index is 12.4. The summed E-state index contributed by atoms with van der Waals surface area (Å²) in [5, 5.41) is 20.6. The Hall–Kier alpha value is -2.99. The molecule has 0 atom stereocenters. The zero-order chi connectivity index (χ0) is 16.6. The number of nitrogens with one attached hydrogen (secondary N) is 1. The highest BCUT2D eigenvalue weighted by Gasteiger charge is 2.34. The summed E-state index contributed by atoms with van der Waals surface area (Å²) in [5.41, 5.74) is 3.03. The molecule has 23 heavy (non-hydrogen) atoms. The summed E-state index contributed by atoms with van der Waals surface area (Å²) in [6.45, 7) is 0. The Morgan fingerprint density at radius 2 is 1.74 bits per heavy atom. The standard InChI is InChI=1S/C16H11ClN2O4/c17-10-2-4-11(5-3-10)19-16(23)13(15(22)18-19)7-9-1-6-12(20)8-14(9)21/h1-8,20-21H,(H,18,22). The molecule has 2 amide bonds. The van der Waals surface area contributed by atoms with Crippen LogP contribution in [0.2, 0.25) is 5.02 Å². The normalized spacial score (nSPS) is 16.0. The molecule has 7 heteroatoms. The lowest BCUT2D eigenvalue weighted by molar-refractivity contribution is -0.117. The van der Waals surface area contributed by atoms with E-state index in [0.29, 0.717) is 10.7 Å². The molecular formula is C16H11ClN2O4. The average Bonchev–Trinajstić information content (AvgIpc) is 2.78. The van der Waals surface area contributed by atoms with Crippen LogP contribution in [0.15, 0.2) is 48.0 Å². The molecule has 3 N–H and O–H groups in total. The van der Waals surface area contributed by atoms with Crippen molar-refractivity contribution in [2.75, 3.05) is 5.01 Å². The van der Waals surface area contributed by atoms with E-state index in [2.05, 4.69) is 5.43 Å². The fourth-order valence-electron chi connectivity index (χ4n) is 2.14. The first kappa shape index (κ1) is 14.9. The monoisotopic (exact) mass is 330 g/mol. The Morgan fingerprint density at radius 1 is 1.04 bits per heavy atom. The molecular weight excluding hydrogens is 320 g/mol. The van der Waals surface area contributed by atoms with Crippen molar-refractivity contribution < 1.29 is 19.8 Å². The van der Waals surface area contributed by atoms with Crippen molar-refractivity contribution >= 4 is 35.2 Å². The molecule has 0 radical (unpaired) electrons. The fourth-order valence-corrected chi connectivity index (χ4v) is 2.26. The van der Waals surface area contributed by atoms with Crippen LogP contribution in [0, 0.1) is 0 Å². The maximum atomic E-state index is 12.4. The number of carbonyl (C=O) groups is 2. The van der Waals surface area contributed by atoms with Crippen molar-refractivity contribution in [2.45, 2.75) is 0 Å². The molecule has 116 valence electrons. The Morgan fingerprint density at radius 3 is 2.39 bits per heavy atom. The third-order valence-electron chi connectivity index (χ3n) is 3.29. The molecule has 0 spiro atoms. The van der Waals surface area contributed by atoms with Crippen LogP contribution in [-0.4, -0.2) is 22.0 Å². The van der Waals surface area contributed by atoms with Gasteiger partial charge in [0.15, 0.2) is 0 Å². The lowest BCUT2D eigenvalue weighted by Crippen LogP contribution is -2.35. The lowest BCUT2D eigenvalue weighted by atomic mass is 10.1. The van der Waals surface area contributed by atoms with Gasteiger partial charge in [0.05, 0.1) is 5.69 Å². The van der Waals surface area contributed by atoms with Gasteiger partial charge in [-0.2, -0.15) is 0 Å². The minimum absolute atomic E-state index is 0.116. The van der Waals surface area contributed by atoms with E-state index in [0.717, 1.165) is 11.1 Å². The highest BCUT2D eigenvalue weighted by molar-refractivity contribution is 6.32. The van der Waals surface area contributed by atoms with Gasteiger partial charge in [-0.3, -0.25) is 15.0 Å². The molecule has 2 aromatic rings. The first-order valence-electron chi connectivity index (χ1n) is 6.60. The number of hydrazine groups is 1. The second-order valence-electron chi connectivity index (χ2n) is 4.86. The number of hydrogen-bond acceptors (Lipinski definition) is 4. The molecule has 2 aromatic carbocycles. The van der Waals surface area contributed by atoms with Crippen LogP contribution in [0.4, 0.5) is 5.69 Å². The van der Waals surface area contributed by atoms with E-state index >= 15 is 0 Å². The van der Waals surface area contributed by atoms with E-state index in [4.69, 9.17) is 11.6 Å². The third kappa shape index (κ3) is 2.84. The van der Waals surface area contributed by atoms with Gasteiger partial charge >= 0.3 is 0 Å². The third-order valence-corrected chi connectivity index (χ3v) is 3.54. The molecule has 1 saturated heterocycles. The molecule has 1 heterocycles. The molecule has 1 aliphatic rings. The lowest BCUT2D eigenvalue weighted by Gasteiger charge is -2.14. The predicted octanol–water partition coefficient (Wildman–Crippen LogP) is 2.21. The summed E-state index contributed by atoms with van der Waals surface area (Å²) >= 11 is 5.80. The van der Waals surface area contributed by atoms with Gasteiger partial charge in [-0.25, -0.2) is 5.01 Å². The Balaban J connectivity index is 1.95. The first-order valence-corrected chi connectivity index (χ1v) is 6.98. The van der Waals surface area contributed by atoms with Gasteiger partial charge in [0.25, 0.3) is 11.8 Å². The van der Waals surface area contributed by atoms with Gasteiger partial charge < -0.3 is 10.2 Å². The Kier molecular flexibility index (Phi) is 3.67. The van der Waals surface area contributed by atoms with Crippen LogP contribution < -0.4 is 10.4 Å². The summed E-state index contributed by atoms with van der Waals surface area (Å²) in [7, 11) is 0. The fraction of sp³-hybridized carbons (Fsp3) is 0. The van der Waals surface area contributed by atoms with Crippen molar-refractivity contribution in [3.05, 3.63) is 58.6 Å². The van der Waals surface area contributed by atoms with E-state index in [1.807, 2.05) is 0 Å². The van der Waals surface area contributed by atoms with E-state index in [-0.39, 0.29) is 22.6 Å². The van der Waals surface area contributed by atoms with Crippen LogP contribution in [0.3, 0.4) is 0 Å². The van der Waals surface area contributed by atoms with E-state index in [1.165, 1.54) is 18.2 Å². The zero-order valence-electron chi connectivity index (χ0n) is 11.7. The van der Waals surface area contributed by atoms with Gasteiger partial charge in [-0.05, 0) is 42.5 Å². The van der Waals surface area contributed by atoms with Gasteiger partial charge in [0, 0.05) is 16.7 Å². The quantitative estimate of drug-likeness (QED) is 0.581. The summed E-state index contributed by atoms with van der Waals surface area (Å²) in [6, 6.07) is 10.3. The first-order chi connectivity index (χ1) is 11.0. The molecule has 0 unspecified atom stereocenters. The van der Waals surface area contributed by atoms with E-state index < -0.39 is 11.8 Å². The number of nitrogens with zero attached hydrogens (tertiary/aromatic N) is 1. The molecule has 0 aliphatic carbocycles. The van der Waals surface area contributed by atoms with Crippen molar-refractivity contribution in [3.8, 4) is 11.5 Å². The second-order valence-corrected chi connectivity index (χ2v) is 5.30. The molecule has 3 rings (SSSR count). The average molecular weight is 331 g/mol. The smallest absolute Gasteiger partial charge is 0.282 e. The van der Waals surface area contributed by atoms with E-state index in [1.54, 1.807) is 24.3 Å². The number of carbonyl (C=O) groups excluding carboxylic acids is 2. The number of amides is 2. The number of benzene rings is 2. The van der Waals surface area contributed by atoms with Crippen LogP contribution in [0.1, 0.15) is 5.56 Å². The van der Waals surface area contributed by atoms with E-state index in [9.17, 15) is 19.8 Å². The molecule has 1 fully saturated rings. The number of phenolic OH excluding ortho intramolecular Hbond substituents is 2. The van der Waals surface area contributed by atoms with Crippen molar-refractivity contribution in [1.82, 2.24) is 5.43 Å². The molecule has 6 nitrogen and oxygen atoms in total. The van der Waals surface area contributed by atoms with Gasteiger partial charge in [-0.15, -0.1) is 0 Å². The summed E-state index contributed by atoms with van der Waals surface area (Å²) in [5.74, 6) is -1.49. The summed E-state index contributed by atoms with van der Waals surface area (Å²) < 4.78 is 0. The number of hydrogen-bond donors (Lipinski definition) is 3. The minimum atomic E-state index is -0.586. The number of phenols is 2. The van der Waals surface area contributed by atoms with Crippen LogP contribution >= 0.6 is 11.6 Å². The molecule has 0 bridgehead atoms. The highest BCUT2D eigenvalue weighted by atomic mass is 35.5. The summed E-state index contributed by atoms with van der Waals surface area (Å²) in [6.07, 6.45) is 1.27. The number of anilines is 1. The Bertz CT molecular complexity index is 830. The summed E-state index contributed by atoms with van der Waals surface area (Å²) in [4.78, 5) is 24.4. The van der Waals surface area contributed by atoms with Gasteiger partial charge in [-0.1, -0.05) is 11.6 Å². The van der Waals surface area contributed by atoms with Crippen molar-refractivity contribution in [2.24, 2.45) is 0 Å². The Labute approximate surface area is 136 Å². The largest absolute Gasteiger partial charge is 0.508 e. The van der Waals surface area contributed by atoms with Crippen LogP contribution in [-0.2, 0) is 9.59 Å². The minimum Gasteiger partial charge on any atom is -0.508 e. The van der Waals surface area contributed by atoms with Gasteiger partial charge in [0.1, 0.15) is 17.1 Å². The number of halogens is 1. The maximum Gasteiger partial charge on any atom is 0.282 e. The number of aromatic hydroxyl groups is 2.